The quantitative estimate of drug-likeness (QED) is 0.770. The Labute approximate surface area is 138 Å². The van der Waals surface area contributed by atoms with Gasteiger partial charge in [-0.15, -0.1) is 0 Å². The van der Waals surface area contributed by atoms with E-state index in [-0.39, 0.29) is 11.7 Å². The second-order valence-corrected chi connectivity index (χ2v) is 5.50. The van der Waals surface area contributed by atoms with E-state index in [4.69, 9.17) is 11.6 Å². The maximum absolute atomic E-state index is 12.1. The largest absolute Gasteiger partial charge is 0.508 e. The smallest absolute Gasteiger partial charge is 0.256 e. The molecule has 1 amide bonds. The van der Waals surface area contributed by atoms with Crippen LogP contribution in [0.15, 0.2) is 61.1 Å². The first-order valence-electron chi connectivity index (χ1n) is 6.97. The van der Waals surface area contributed by atoms with Crippen LogP contribution in [0.1, 0.15) is 15.9 Å². The van der Waals surface area contributed by atoms with Gasteiger partial charge >= 0.3 is 0 Å². The summed E-state index contributed by atoms with van der Waals surface area (Å²) in [6.07, 6.45) is 3.38. The Morgan fingerprint density at radius 1 is 1.22 bits per heavy atom. The standard InChI is InChI=1S/C17H14ClN3O2/c18-14-5-1-3-12(7-14)9-21-10-16(19-11-21)20-17(23)13-4-2-6-15(22)8-13/h1-8,10-11,22H,9H2,(H,20,23). The van der Waals surface area contributed by atoms with Crippen LogP contribution in [0.4, 0.5) is 5.82 Å². The maximum atomic E-state index is 12.1. The summed E-state index contributed by atoms with van der Waals surface area (Å²) < 4.78 is 1.85. The molecule has 116 valence electrons. The SMILES string of the molecule is O=C(Nc1cn(Cc2cccc(Cl)c2)cn1)c1cccc(O)c1. The average Bonchev–Trinajstić information content (AvgIpc) is 2.94. The zero-order chi connectivity index (χ0) is 16.2. The number of carbonyl (C=O) groups is 1. The highest BCUT2D eigenvalue weighted by atomic mass is 35.5. The summed E-state index contributed by atoms with van der Waals surface area (Å²) in [4.78, 5) is 16.2. The molecule has 3 aromatic rings. The van der Waals surface area contributed by atoms with Crippen LogP contribution in [0, 0.1) is 0 Å². The molecule has 0 spiro atoms. The third-order valence-corrected chi connectivity index (χ3v) is 3.47. The minimum absolute atomic E-state index is 0.0455. The van der Waals surface area contributed by atoms with Gasteiger partial charge in [0, 0.05) is 23.3 Å². The van der Waals surface area contributed by atoms with Crippen molar-refractivity contribution in [2.45, 2.75) is 6.54 Å². The van der Waals surface area contributed by atoms with Crippen molar-refractivity contribution in [2.75, 3.05) is 5.32 Å². The zero-order valence-corrected chi connectivity index (χ0v) is 12.9. The Balaban J connectivity index is 1.68. The van der Waals surface area contributed by atoms with Crippen molar-refractivity contribution in [3.63, 3.8) is 0 Å². The number of hydrogen-bond acceptors (Lipinski definition) is 3. The fourth-order valence-corrected chi connectivity index (χ4v) is 2.41. The molecule has 1 aromatic heterocycles. The Kier molecular flexibility index (Phi) is 4.30. The molecule has 5 nitrogen and oxygen atoms in total. The molecule has 0 radical (unpaired) electrons. The van der Waals surface area contributed by atoms with Gasteiger partial charge in [-0.25, -0.2) is 4.98 Å². The maximum Gasteiger partial charge on any atom is 0.256 e. The molecule has 0 unspecified atom stereocenters. The molecule has 2 aromatic carbocycles. The van der Waals surface area contributed by atoms with E-state index in [2.05, 4.69) is 10.3 Å². The number of aromatic nitrogens is 2. The lowest BCUT2D eigenvalue weighted by molar-refractivity contribution is 0.102. The first-order valence-corrected chi connectivity index (χ1v) is 7.34. The summed E-state index contributed by atoms with van der Waals surface area (Å²) >= 11 is 5.96. The Morgan fingerprint density at radius 2 is 2.04 bits per heavy atom. The highest BCUT2D eigenvalue weighted by Gasteiger charge is 2.08. The summed E-state index contributed by atoms with van der Waals surface area (Å²) in [5.74, 6) is 0.165. The normalized spacial score (nSPS) is 10.5. The molecule has 6 heteroatoms. The van der Waals surface area contributed by atoms with Crippen molar-refractivity contribution in [2.24, 2.45) is 0 Å². The summed E-state index contributed by atoms with van der Waals surface area (Å²) in [5, 5.41) is 12.8. The summed E-state index contributed by atoms with van der Waals surface area (Å²) in [7, 11) is 0. The van der Waals surface area contributed by atoms with E-state index in [1.807, 2.05) is 28.8 Å². The number of nitrogens with one attached hydrogen (secondary N) is 1. The number of carbonyl (C=O) groups excluding carboxylic acids is 1. The number of imidazole rings is 1. The van der Waals surface area contributed by atoms with Gasteiger partial charge in [0.2, 0.25) is 0 Å². The Bertz CT molecular complexity index is 845. The van der Waals surface area contributed by atoms with E-state index in [1.54, 1.807) is 24.7 Å². The monoisotopic (exact) mass is 327 g/mol. The van der Waals surface area contributed by atoms with Crippen molar-refractivity contribution < 1.29 is 9.90 Å². The van der Waals surface area contributed by atoms with Crippen LogP contribution in [0.3, 0.4) is 0 Å². The third-order valence-electron chi connectivity index (χ3n) is 3.24. The molecule has 0 saturated carbocycles. The fourth-order valence-electron chi connectivity index (χ4n) is 2.19. The number of nitrogens with zero attached hydrogens (tertiary/aromatic N) is 2. The second kappa shape index (κ2) is 6.54. The van der Waals surface area contributed by atoms with Gasteiger partial charge in [0.1, 0.15) is 5.75 Å². The van der Waals surface area contributed by atoms with Gasteiger partial charge in [0.05, 0.1) is 6.33 Å². The van der Waals surface area contributed by atoms with Crippen LogP contribution in [-0.2, 0) is 6.54 Å². The first-order chi connectivity index (χ1) is 11.1. The molecule has 0 atom stereocenters. The number of hydrogen-bond donors (Lipinski definition) is 2. The van der Waals surface area contributed by atoms with Crippen molar-refractivity contribution in [3.8, 4) is 5.75 Å². The molecular weight excluding hydrogens is 314 g/mol. The van der Waals surface area contributed by atoms with E-state index >= 15 is 0 Å². The molecule has 0 fully saturated rings. The van der Waals surface area contributed by atoms with Crippen LogP contribution in [0.2, 0.25) is 5.02 Å². The van der Waals surface area contributed by atoms with Gasteiger partial charge in [0.15, 0.2) is 5.82 Å². The lowest BCUT2D eigenvalue weighted by atomic mass is 10.2. The van der Waals surface area contributed by atoms with E-state index in [1.165, 1.54) is 12.1 Å². The number of benzene rings is 2. The molecule has 0 aliphatic carbocycles. The number of halogens is 1. The number of amides is 1. The van der Waals surface area contributed by atoms with Crippen LogP contribution >= 0.6 is 11.6 Å². The van der Waals surface area contributed by atoms with Crippen molar-refractivity contribution in [1.82, 2.24) is 9.55 Å². The minimum Gasteiger partial charge on any atom is -0.508 e. The van der Waals surface area contributed by atoms with Gasteiger partial charge in [-0.2, -0.15) is 0 Å². The number of aromatic hydroxyl groups is 1. The minimum atomic E-state index is -0.325. The molecule has 0 saturated heterocycles. The van der Waals surface area contributed by atoms with Crippen LogP contribution in [0.5, 0.6) is 5.75 Å². The van der Waals surface area contributed by atoms with Crippen LogP contribution in [-0.4, -0.2) is 20.6 Å². The van der Waals surface area contributed by atoms with Gasteiger partial charge in [0.25, 0.3) is 5.91 Å². The zero-order valence-electron chi connectivity index (χ0n) is 12.1. The van der Waals surface area contributed by atoms with Crippen LogP contribution < -0.4 is 5.32 Å². The predicted molar refractivity (Wildman–Crippen MR) is 88.8 cm³/mol. The lowest BCUT2D eigenvalue weighted by Crippen LogP contribution is -2.11. The highest BCUT2D eigenvalue weighted by Crippen LogP contribution is 2.15. The number of phenols is 1. The predicted octanol–water partition coefficient (Wildman–Crippen LogP) is 3.54. The summed E-state index contributed by atoms with van der Waals surface area (Å²) in [6.45, 7) is 0.607. The second-order valence-electron chi connectivity index (χ2n) is 5.07. The van der Waals surface area contributed by atoms with Crippen molar-refractivity contribution >= 4 is 23.3 Å². The molecular formula is C17H14ClN3O2. The molecule has 2 N–H and O–H groups in total. The lowest BCUT2D eigenvalue weighted by Gasteiger charge is -2.03. The molecule has 1 heterocycles. The summed E-state index contributed by atoms with van der Waals surface area (Å²) in [6, 6.07) is 13.7. The molecule has 0 aliphatic rings. The fraction of sp³-hybridized carbons (Fsp3) is 0.0588. The van der Waals surface area contributed by atoms with Gasteiger partial charge < -0.3 is 15.0 Å². The van der Waals surface area contributed by atoms with Crippen molar-refractivity contribution in [1.29, 1.82) is 0 Å². The molecule has 0 aliphatic heterocycles. The summed E-state index contributed by atoms with van der Waals surface area (Å²) in [5.41, 5.74) is 1.41. The number of rotatable bonds is 4. The molecule has 3 rings (SSSR count). The molecule has 23 heavy (non-hydrogen) atoms. The van der Waals surface area contributed by atoms with E-state index in [0.29, 0.717) is 22.9 Å². The Hall–Kier alpha value is -2.79. The third kappa shape index (κ3) is 3.90. The van der Waals surface area contributed by atoms with Crippen molar-refractivity contribution in [3.05, 3.63) is 77.2 Å². The van der Waals surface area contributed by atoms with Crippen LogP contribution in [0.25, 0.3) is 0 Å². The van der Waals surface area contributed by atoms with Gasteiger partial charge in [-0.3, -0.25) is 4.79 Å². The average molecular weight is 328 g/mol. The van der Waals surface area contributed by atoms with Gasteiger partial charge in [-0.05, 0) is 35.9 Å². The highest BCUT2D eigenvalue weighted by molar-refractivity contribution is 6.30. The van der Waals surface area contributed by atoms with E-state index < -0.39 is 0 Å². The van der Waals surface area contributed by atoms with E-state index in [9.17, 15) is 9.90 Å². The van der Waals surface area contributed by atoms with Gasteiger partial charge in [-0.1, -0.05) is 29.8 Å². The molecule has 0 bridgehead atoms. The van der Waals surface area contributed by atoms with E-state index in [0.717, 1.165) is 5.56 Å². The Morgan fingerprint density at radius 3 is 2.83 bits per heavy atom. The number of phenolic OH excluding ortho intramolecular Hbond substituents is 1. The first kappa shape index (κ1) is 15.1. The topological polar surface area (TPSA) is 67.2 Å². The number of anilines is 1.